The van der Waals surface area contributed by atoms with Crippen molar-refractivity contribution in [2.24, 2.45) is 11.5 Å². The molecule has 0 saturated heterocycles. The predicted molar refractivity (Wildman–Crippen MR) is 35.0 cm³/mol. The van der Waals surface area contributed by atoms with Crippen molar-refractivity contribution in [1.29, 1.82) is 0 Å². The van der Waals surface area contributed by atoms with Crippen LogP contribution < -0.4 is 11.5 Å². The number of nitrogens with one attached hydrogen (secondary N) is 1. The maximum Gasteiger partial charge on any atom is 0.269 e. The van der Waals surface area contributed by atoms with E-state index in [0.29, 0.717) is 5.56 Å². The fourth-order valence-corrected chi connectivity index (χ4v) is 0.684. The number of nitrogens with zero attached hydrogens (tertiary/aromatic N) is 1. The number of H-pyrrole nitrogens is 1. The van der Waals surface area contributed by atoms with Crippen molar-refractivity contribution in [3.05, 3.63) is 17.5 Å². The summed E-state index contributed by atoms with van der Waals surface area (Å²) in [5.74, 6) is -0.554. The van der Waals surface area contributed by atoms with Crippen molar-refractivity contribution in [2.75, 3.05) is 0 Å². The summed E-state index contributed by atoms with van der Waals surface area (Å²) in [6.07, 6.45) is 1.56. The van der Waals surface area contributed by atoms with E-state index in [1.165, 1.54) is 0 Å². The molecule has 0 unspecified atom stereocenters. The van der Waals surface area contributed by atoms with Crippen LogP contribution in [-0.2, 0) is 6.54 Å². The Morgan fingerprint density at radius 1 is 1.80 bits per heavy atom. The molecule has 0 aliphatic rings. The Bertz CT molecular complexity index is 242. The summed E-state index contributed by atoms with van der Waals surface area (Å²) in [5.41, 5.74) is 11.1. The molecule has 1 amide bonds. The predicted octanol–water partition coefficient (Wildman–Crippen LogP) is -1.03. The Kier molecular flexibility index (Phi) is 1.68. The standard InChI is InChI=1S/C5H8N4O/c6-1-3-2-8-9-4(3)5(7)10/h2H,1,6H2,(H2,7,10)(H,8,9). The number of aromatic amines is 1. The minimum absolute atomic E-state index is 0.225. The number of hydrogen-bond acceptors (Lipinski definition) is 3. The van der Waals surface area contributed by atoms with Gasteiger partial charge in [0.25, 0.3) is 5.91 Å². The largest absolute Gasteiger partial charge is 0.364 e. The molecular formula is C5H8N4O. The number of amides is 1. The van der Waals surface area contributed by atoms with Gasteiger partial charge >= 0.3 is 0 Å². The van der Waals surface area contributed by atoms with Crippen molar-refractivity contribution in [1.82, 2.24) is 10.2 Å². The number of hydrogen-bond donors (Lipinski definition) is 3. The summed E-state index contributed by atoms with van der Waals surface area (Å²) in [6, 6.07) is 0. The molecule has 1 heterocycles. The van der Waals surface area contributed by atoms with Crippen molar-refractivity contribution in [3.8, 4) is 0 Å². The van der Waals surface area contributed by atoms with E-state index in [1.807, 2.05) is 0 Å². The molecule has 54 valence electrons. The molecular weight excluding hydrogens is 132 g/mol. The highest BCUT2D eigenvalue weighted by molar-refractivity contribution is 5.92. The lowest BCUT2D eigenvalue weighted by Gasteiger charge is -1.90. The molecule has 0 aliphatic carbocycles. The Hall–Kier alpha value is -1.36. The minimum atomic E-state index is -0.554. The van der Waals surface area contributed by atoms with Gasteiger partial charge in [0.15, 0.2) is 5.69 Å². The smallest absolute Gasteiger partial charge is 0.269 e. The zero-order valence-corrected chi connectivity index (χ0v) is 5.29. The first-order chi connectivity index (χ1) is 4.75. The number of carbonyl (C=O) groups is 1. The maximum absolute atomic E-state index is 10.5. The molecule has 0 radical (unpaired) electrons. The second kappa shape index (κ2) is 2.49. The van der Waals surface area contributed by atoms with Gasteiger partial charge in [-0.2, -0.15) is 5.10 Å². The van der Waals surface area contributed by atoms with Crippen molar-refractivity contribution >= 4 is 5.91 Å². The van der Waals surface area contributed by atoms with Crippen LogP contribution in [0.2, 0.25) is 0 Å². The molecule has 10 heavy (non-hydrogen) atoms. The molecule has 0 atom stereocenters. The van der Waals surface area contributed by atoms with Gasteiger partial charge in [-0.15, -0.1) is 0 Å². The van der Waals surface area contributed by atoms with Gasteiger partial charge in [-0.25, -0.2) is 0 Å². The monoisotopic (exact) mass is 140 g/mol. The van der Waals surface area contributed by atoms with Gasteiger partial charge in [0, 0.05) is 18.3 Å². The number of primary amides is 1. The lowest BCUT2D eigenvalue weighted by molar-refractivity contribution is 0.0994. The first-order valence-electron chi connectivity index (χ1n) is 2.78. The fraction of sp³-hybridized carbons (Fsp3) is 0.200. The van der Waals surface area contributed by atoms with Gasteiger partial charge in [-0.1, -0.05) is 0 Å². The first kappa shape index (κ1) is 6.76. The summed E-state index contributed by atoms with van der Waals surface area (Å²) >= 11 is 0. The number of nitrogens with two attached hydrogens (primary N) is 2. The molecule has 1 aromatic heterocycles. The molecule has 0 bridgehead atoms. The van der Waals surface area contributed by atoms with Crippen molar-refractivity contribution in [2.45, 2.75) is 6.54 Å². The lowest BCUT2D eigenvalue weighted by Crippen LogP contribution is -2.14. The third kappa shape index (κ3) is 0.985. The minimum Gasteiger partial charge on any atom is -0.364 e. The lowest BCUT2D eigenvalue weighted by atomic mass is 10.2. The van der Waals surface area contributed by atoms with Crippen LogP contribution in [0.3, 0.4) is 0 Å². The second-order valence-electron chi connectivity index (χ2n) is 1.83. The Morgan fingerprint density at radius 2 is 2.50 bits per heavy atom. The van der Waals surface area contributed by atoms with Crippen LogP contribution in [0.1, 0.15) is 16.1 Å². The van der Waals surface area contributed by atoms with E-state index in [-0.39, 0.29) is 12.2 Å². The number of aromatic nitrogens is 2. The average Bonchev–Trinajstić information content (AvgIpc) is 2.33. The third-order valence-electron chi connectivity index (χ3n) is 1.17. The molecule has 0 aliphatic heterocycles. The zero-order chi connectivity index (χ0) is 7.56. The number of rotatable bonds is 2. The molecule has 0 saturated carbocycles. The van der Waals surface area contributed by atoms with Crippen LogP contribution >= 0.6 is 0 Å². The van der Waals surface area contributed by atoms with E-state index in [9.17, 15) is 4.79 Å². The van der Waals surface area contributed by atoms with Crippen LogP contribution in [0.25, 0.3) is 0 Å². The highest BCUT2D eigenvalue weighted by Crippen LogP contribution is 2.00. The van der Waals surface area contributed by atoms with Gasteiger partial charge in [-0.3, -0.25) is 9.89 Å². The van der Waals surface area contributed by atoms with Crippen LogP contribution in [0.15, 0.2) is 6.20 Å². The van der Waals surface area contributed by atoms with Gasteiger partial charge < -0.3 is 11.5 Å². The quantitative estimate of drug-likeness (QED) is 0.489. The van der Waals surface area contributed by atoms with Gasteiger partial charge in [-0.05, 0) is 0 Å². The zero-order valence-electron chi connectivity index (χ0n) is 5.29. The number of carbonyl (C=O) groups excluding carboxylic acids is 1. The van der Waals surface area contributed by atoms with E-state index in [4.69, 9.17) is 11.5 Å². The highest BCUT2D eigenvalue weighted by atomic mass is 16.1. The Balaban J connectivity index is 3.01. The normalized spacial score (nSPS) is 9.70. The summed E-state index contributed by atoms with van der Waals surface area (Å²) in [7, 11) is 0. The van der Waals surface area contributed by atoms with Crippen molar-refractivity contribution in [3.63, 3.8) is 0 Å². The van der Waals surface area contributed by atoms with E-state index < -0.39 is 5.91 Å². The van der Waals surface area contributed by atoms with Crippen LogP contribution in [0, 0.1) is 0 Å². The van der Waals surface area contributed by atoms with E-state index >= 15 is 0 Å². The highest BCUT2D eigenvalue weighted by Gasteiger charge is 2.08. The van der Waals surface area contributed by atoms with E-state index in [0.717, 1.165) is 0 Å². The summed E-state index contributed by atoms with van der Waals surface area (Å²) < 4.78 is 0. The Morgan fingerprint density at radius 3 is 2.90 bits per heavy atom. The molecule has 5 N–H and O–H groups in total. The average molecular weight is 140 g/mol. The topological polar surface area (TPSA) is 97.8 Å². The summed E-state index contributed by atoms with van der Waals surface area (Å²) in [6.45, 7) is 0.273. The third-order valence-corrected chi connectivity index (χ3v) is 1.17. The van der Waals surface area contributed by atoms with Crippen LogP contribution in [0.5, 0.6) is 0 Å². The van der Waals surface area contributed by atoms with E-state index in [1.54, 1.807) is 6.20 Å². The molecule has 0 spiro atoms. The summed E-state index contributed by atoms with van der Waals surface area (Å²) in [4.78, 5) is 10.5. The van der Waals surface area contributed by atoms with Gasteiger partial charge in [0.05, 0.1) is 0 Å². The molecule has 0 fully saturated rings. The molecule has 1 aromatic rings. The molecule has 1 rings (SSSR count). The first-order valence-corrected chi connectivity index (χ1v) is 2.78. The van der Waals surface area contributed by atoms with Crippen LogP contribution in [-0.4, -0.2) is 16.1 Å². The summed E-state index contributed by atoms with van der Waals surface area (Å²) in [5, 5.41) is 6.11. The van der Waals surface area contributed by atoms with Gasteiger partial charge in [0.1, 0.15) is 0 Å². The van der Waals surface area contributed by atoms with Crippen LogP contribution in [0.4, 0.5) is 0 Å². The fourth-order valence-electron chi connectivity index (χ4n) is 0.684. The molecule has 0 aromatic carbocycles. The van der Waals surface area contributed by atoms with Gasteiger partial charge in [0.2, 0.25) is 0 Å². The Labute approximate surface area is 57.4 Å². The second-order valence-corrected chi connectivity index (χ2v) is 1.83. The van der Waals surface area contributed by atoms with Crippen molar-refractivity contribution < 1.29 is 4.79 Å². The molecule has 5 nitrogen and oxygen atoms in total. The SMILES string of the molecule is NCc1c[nH]nc1C(N)=O. The maximum atomic E-state index is 10.5. The molecule has 5 heteroatoms. The van der Waals surface area contributed by atoms with E-state index in [2.05, 4.69) is 10.2 Å².